The number of nitrogens with two attached hydrogens (primary N) is 1. The van der Waals surface area contributed by atoms with Crippen LogP contribution in [0.3, 0.4) is 0 Å². The van der Waals surface area contributed by atoms with Gasteiger partial charge in [-0.2, -0.15) is 0 Å². The molecule has 1 aliphatic heterocycles. The largest absolute Gasteiger partial charge is 0.398 e. The van der Waals surface area contributed by atoms with Crippen LogP contribution in [0.1, 0.15) is 18.0 Å². The van der Waals surface area contributed by atoms with Crippen molar-refractivity contribution in [2.75, 3.05) is 12.3 Å². The first kappa shape index (κ1) is 7.55. The lowest BCUT2D eigenvalue weighted by Gasteiger charge is -2.28. The van der Waals surface area contributed by atoms with Crippen molar-refractivity contribution in [1.29, 1.82) is 0 Å². The van der Waals surface area contributed by atoms with Gasteiger partial charge < -0.3 is 11.1 Å². The number of halogens is 1. The van der Waals surface area contributed by atoms with Crippen molar-refractivity contribution >= 4 is 5.69 Å². The van der Waals surface area contributed by atoms with Gasteiger partial charge >= 0.3 is 0 Å². The molecule has 12 heavy (non-hydrogen) atoms. The molecule has 0 aliphatic carbocycles. The van der Waals surface area contributed by atoms with E-state index in [4.69, 9.17) is 5.73 Å². The molecule has 0 aromatic heterocycles. The lowest BCUT2D eigenvalue weighted by molar-refractivity contribution is 0.384. The molecule has 1 aliphatic rings. The van der Waals surface area contributed by atoms with Crippen molar-refractivity contribution in [3.05, 3.63) is 29.6 Å². The molecule has 1 aromatic carbocycles. The van der Waals surface area contributed by atoms with E-state index in [9.17, 15) is 4.39 Å². The third-order valence-corrected chi connectivity index (χ3v) is 2.25. The van der Waals surface area contributed by atoms with Gasteiger partial charge in [-0.1, -0.05) is 6.07 Å². The summed E-state index contributed by atoms with van der Waals surface area (Å²) < 4.78 is 12.6. The van der Waals surface area contributed by atoms with Crippen LogP contribution in [0.4, 0.5) is 10.1 Å². The predicted molar refractivity (Wildman–Crippen MR) is 46.2 cm³/mol. The first-order valence-corrected chi connectivity index (χ1v) is 4.05. The highest BCUT2D eigenvalue weighted by molar-refractivity contribution is 5.49. The van der Waals surface area contributed by atoms with Gasteiger partial charge in [-0.15, -0.1) is 0 Å². The number of hydrogen-bond donors (Lipinski definition) is 2. The molecule has 0 amide bonds. The Balaban J connectivity index is 2.31. The zero-order valence-electron chi connectivity index (χ0n) is 6.68. The van der Waals surface area contributed by atoms with Crippen LogP contribution in [0.15, 0.2) is 18.2 Å². The lowest BCUT2D eigenvalue weighted by Crippen LogP contribution is -2.35. The second-order valence-corrected chi connectivity index (χ2v) is 3.07. The maximum atomic E-state index is 12.6. The van der Waals surface area contributed by atoms with E-state index < -0.39 is 0 Å². The molecule has 1 heterocycles. The Labute approximate surface area is 70.6 Å². The molecule has 2 rings (SSSR count). The summed E-state index contributed by atoms with van der Waals surface area (Å²) in [5.41, 5.74) is 7.22. The first-order chi connectivity index (χ1) is 5.77. The average molecular weight is 166 g/mol. The van der Waals surface area contributed by atoms with E-state index in [0.29, 0.717) is 11.7 Å². The minimum absolute atomic E-state index is 0.268. The highest BCUT2D eigenvalue weighted by Gasteiger charge is 2.20. The fourth-order valence-corrected chi connectivity index (χ4v) is 1.42. The second-order valence-electron chi connectivity index (χ2n) is 3.07. The van der Waals surface area contributed by atoms with Gasteiger partial charge in [0.25, 0.3) is 0 Å². The van der Waals surface area contributed by atoms with E-state index >= 15 is 0 Å². The highest BCUT2D eigenvalue weighted by Crippen LogP contribution is 2.27. The van der Waals surface area contributed by atoms with Crippen LogP contribution in [0, 0.1) is 5.82 Å². The number of hydrogen-bond acceptors (Lipinski definition) is 2. The van der Waals surface area contributed by atoms with Crippen molar-refractivity contribution in [3.63, 3.8) is 0 Å². The minimum atomic E-state index is -0.268. The number of rotatable bonds is 1. The third-order valence-electron chi connectivity index (χ3n) is 2.25. The predicted octanol–water partition coefficient (Wildman–Crippen LogP) is 1.44. The van der Waals surface area contributed by atoms with Crippen molar-refractivity contribution in [3.8, 4) is 0 Å². The van der Waals surface area contributed by atoms with E-state index in [2.05, 4.69) is 5.32 Å². The maximum Gasteiger partial charge on any atom is 0.125 e. The number of nitrogens with one attached hydrogen (secondary N) is 1. The van der Waals surface area contributed by atoms with Gasteiger partial charge in [0, 0.05) is 11.7 Å². The fraction of sp³-hybridized carbons (Fsp3) is 0.333. The Morgan fingerprint density at radius 3 is 2.75 bits per heavy atom. The van der Waals surface area contributed by atoms with Gasteiger partial charge in [-0.3, -0.25) is 0 Å². The number of nitrogen functional groups attached to an aromatic ring is 1. The fourth-order valence-electron chi connectivity index (χ4n) is 1.42. The molecule has 1 fully saturated rings. The van der Waals surface area contributed by atoms with Crippen molar-refractivity contribution in [2.24, 2.45) is 0 Å². The van der Waals surface area contributed by atoms with Crippen LogP contribution in [0.2, 0.25) is 0 Å². The Morgan fingerprint density at radius 2 is 2.25 bits per heavy atom. The standard InChI is InChI=1S/C9H11FN2/c10-6-1-2-7(8(11)5-6)9-3-4-12-9/h1-2,5,9,12H,3-4,11H2/t9-/m1/s1. The van der Waals surface area contributed by atoms with Crippen molar-refractivity contribution in [1.82, 2.24) is 5.32 Å². The summed E-state index contributed by atoms with van der Waals surface area (Å²) in [5, 5.41) is 3.22. The number of benzene rings is 1. The van der Waals surface area contributed by atoms with E-state index in [-0.39, 0.29) is 5.82 Å². The average Bonchev–Trinajstić information content (AvgIpc) is 1.91. The van der Waals surface area contributed by atoms with Crippen LogP contribution in [0.5, 0.6) is 0 Å². The molecule has 0 radical (unpaired) electrons. The summed E-state index contributed by atoms with van der Waals surface area (Å²) in [6.45, 7) is 1.03. The Bertz CT molecular complexity index is 295. The van der Waals surface area contributed by atoms with Crippen LogP contribution >= 0.6 is 0 Å². The summed E-state index contributed by atoms with van der Waals surface area (Å²) >= 11 is 0. The molecule has 0 unspecified atom stereocenters. The molecular weight excluding hydrogens is 155 g/mol. The quantitative estimate of drug-likeness (QED) is 0.619. The van der Waals surface area contributed by atoms with Gasteiger partial charge in [0.05, 0.1) is 0 Å². The summed E-state index contributed by atoms with van der Waals surface area (Å²) in [6.07, 6.45) is 1.09. The van der Waals surface area contributed by atoms with E-state index in [1.54, 1.807) is 6.07 Å². The molecule has 2 nitrogen and oxygen atoms in total. The second kappa shape index (κ2) is 2.75. The molecule has 0 spiro atoms. The van der Waals surface area contributed by atoms with E-state index in [1.165, 1.54) is 12.1 Å². The van der Waals surface area contributed by atoms with Gasteiger partial charge in [0.15, 0.2) is 0 Å². The normalized spacial score (nSPS) is 21.9. The summed E-state index contributed by atoms with van der Waals surface area (Å²) in [5.74, 6) is -0.268. The van der Waals surface area contributed by atoms with Gasteiger partial charge in [0.1, 0.15) is 5.82 Å². The van der Waals surface area contributed by atoms with E-state index in [1.807, 2.05) is 0 Å². The van der Waals surface area contributed by atoms with Crippen LogP contribution in [-0.2, 0) is 0 Å². The molecule has 64 valence electrons. The lowest BCUT2D eigenvalue weighted by atomic mass is 9.96. The van der Waals surface area contributed by atoms with Gasteiger partial charge in [-0.05, 0) is 30.7 Å². The van der Waals surface area contributed by atoms with Crippen LogP contribution < -0.4 is 11.1 Å². The molecule has 1 aromatic rings. The van der Waals surface area contributed by atoms with E-state index in [0.717, 1.165) is 18.5 Å². The maximum absolute atomic E-state index is 12.6. The van der Waals surface area contributed by atoms with Gasteiger partial charge in [0.2, 0.25) is 0 Å². The Kier molecular flexibility index (Phi) is 1.73. The topological polar surface area (TPSA) is 38.0 Å². The minimum Gasteiger partial charge on any atom is -0.398 e. The molecule has 0 bridgehead atoms. The number of anilines is 1. The summed E-state index contributed by atoms with van der Waals surface area (Å²) in [7, 11) is 0. The SMILES string of the molecule is Nc1cc(F)ccc1[C@H]1CCN1. The molecule has 1 saturated heterocycles. The van der Waals surface area contributed by atoms with Crippen molar-refractivity contribution in [2.45, 2.75) is 12.5 Å². The Hall–Kier alpha value is -1.09. The third kappa shape index (κ3) is 1.16. The van der Waals surface area contributed by atoms with Gasteiger partial charge in [-0.25, -0.2) is 4.39 Å². The molecule has 1 atom stereocenters. The van der Waals surface area contributed by atoms with Crippen LogP contribution in [-0.4, -0.2) is 6.54 Å². The van der Waals surface area contributed by atoms with Crippen LogP contribution in [0.25, 0.3) is 0 Å². The smallest absolute Gasteiger partial charge is 0.125 e. The Morgan fingerprint density at radius 1 is 1.50 bits per heavy atom. The van der Waals surface area contributed by atoms with Crippen molar-refractivity contribution < 1.29 is 4.39 Å². The monoisotopic (exact) mass is 166 g/mol. The molecule has 3 heteroatoms. The summed E-state index contributed by atoms with van der Waals surface area (Å²) in [6, 6.07) is 4.91. The zero-order valence-corrected chi connectivity index (χ0v) is 6.68. The molecule has 3 N–H and O–H groups in total. The summed E-state index contributed by atoms with van der Waals surface area (Å²) in [4.78, 5) is 0. The zero-order chi connectivity index (χ0) is 8.55. The molecular formula is C9H11FN2. The molecule has 0 saturated carbocycles. The highest BCUT2D eigenvalue weighted by atomic mass is 19.1. The first-order valence-electron chi connectivity index (χ1n) is 4.05.